The van der Waals surface area contributed by atoms with Crippen LogP contribution in [0.5, 0.6) is 0 Å². The molecule has 0 unspecified atom stereocenters. The van der Waals surface area contributed by atoms with E-state index in [9.17, 15) is 0 Å². The summed E-state index contributed by atoms with van der Waals surface area (Å²) in [5.41, 5.74) is 2.51. The van der Waals surface area contributed by atoms with Crippen molar-refractivity contribution in [3.8, 4) is 10.6 Å². The van der Waals surface area contributed by atoms with E-state index in [4.69, 9.17) is 0 Å². The van der Waals surface area contributed by atoms with E-state index in [1.54, 1.807) is 11.3 Å². The van der Waals surface area contributed by atoms with Crippen LogP contribution in [0.1, 0.15) is 24.8 Å². The molecular weight excluding hydrogens is 354 g/mol. The van der Waals surface area contributed by atoms with Crippen molar-refractivity contribution < 1.29 is 0 Å². The van der Waals surface area contributed by atoms with Gasteiger partial charge in [0, 0.05) is 37.1 Å². The van der Waals surface area contributed by atoms with E-state index >= 15 is 0 Å². The van der Waals surface area contributed by atoms with Gasteiger partial charge in [-0.05, 0) is 49.9 Å². The number of benzene rings is 1. The summed E-state index contributed by atoms with van der Waals surface area (Å²) in [6.07, 6.45) is 8.35. The minimum atomic E-state index is 0.611. The zero-order chi connectivity index (χ0) is 18.3. The number of nitrogens with zero attached hydrogens (tertiary/aromatic N) is 4. The maximum Gasteiger partial charge on any atom is 0.208 e. The molecule has 5 nitrogen and oxygen atoms in total. The standard InChI is InChI=1S/C21H25N5S/c1-2-6-18(7-3-1)20-24-25-21(27-20)26-15-10-19(11-16-26)23-12-4-5-17-8-13-22-14-9-17/h1-3,6-9,13-14,19,23H,4-5,10-12,15-16H2. The van der Waals surface area contributed by atoms with Crippen molar-refractivity contribution in [2.45, 2.75) is 31.7 Å². The monoisotopic (exact) mass is 379 g/mol. The fourth-order valence-electron chi connectivity index (χ4n) is 3.46. The van der Waals surface area contributed by atoms with Gasteiger partial charge in [-0.2, -0.15) is 0 Å². The first-order valence-corrected chi connectivity index (χ1v) is 10.5. The molecule has 1 aliphatic heterocycles. The molecule has 0 bridgehead atoms. The SMILES string of the molecule is c1ccc(-c2nnc(N3CCC(NCCCc4ccncc4)CC3)s2)cc1. The molecule has 2 aromatic heterocycles. The molecule has 1 saturated heterocycles. The summed E-state index contributed by atoms with van der Waals surface area (Å²) in [5, 5.41) is 14.6. The van der Waals surface area contributed by atoms with Crippen LogP contribution >= 0.6 is 11.3 Å². The van der Waals surface area contributed by atoms with Crippen LogP contribution in [-0.2, 0) is 6.42 Å². The Hall–Kier alpha value is -2.31. The van der Waals surface area contributed by atoms with Gasteiger partial charge in [-0.25, -0.2) is 0 Å². The number of hydrogen-bond donors (Lipinski definition) is 1. The second kappa shape index (κ2) is 9.06. The lowest BCUT2D eigenvalue weighted by atomic mass is 10.0. The van der Waals surface area contributed by atoms with Crippen molar-refractivity contribution in [3.05, 3.63) is 60.4 Å². The van der Waals surface area contributed by atoms with Crippen molar-refractivity contribution in [2.75, 3.05) is 24.5 Å². The third-order valence-electron chi connectivity index (χ3n) is 5.03. The van der Waals surface area contributed by atoms with E-state index in [0.29, 0.717) is 6.04 Å². The van der Waals surface area contributed by atoms with Gasteiger partial charge in [0.2, 0.25) is 5.13 Å². The van der Waals surface area contributed by atoms with E-state index in [-0.39, 0.29) is 0 Å². The molecule has 0 spiro atoms. The molecule has 6 heteroatoms. The van der Waals surface area contributed by atoms with Gasteiger partial charge in [0.25, 0.3) is 0 Å². The first-order chi connectivity index (χ1) is 13.4. The Morgan fingerprint density at radius 1 is 1.00 bits per heavy atom. The fraction of sp³-hybridized carbons (Fsp3) is 0.381. The molecule has 140 valence electrons. The molecule has 27 heavy (non-hydrogen) atoms. The normalized spacial score (nSPS) is 15.2. The Morgan fingerprint density at radius 2 is 1.78 bits per heavy atom. The molecule has 4 rings (SSSR count). The van der Waals surface area contributed by atoms with Gasteiger partial charge in [0.1, 0.15) is 5.01 Å². The van der Waals surface area contributed by atoms with E-state index in [1.165, 1.54) is 12.0 Å². The second-order valence-corrected chi connectivity index (χ2v) is 7.89. The van der Waals surface area contributed by atoms with Crippen LogP contribution in [0.2, 0.25) is 0 Å². The number of anilines is 1. The summed E-state index contributed by atoms with van der Waals surface area (Å²) >= 11 is 1.69. The van der Waals surface area contributed by atoms with Crippen molar-refractivity contribution in [1.29, 1.82) is 0 Å². The zero-order valence-corrected chi connectivity index (χ0v) is 16.2. The summed E-state index contributed by atoms with van der Waals surface area (Å²) in [6.45, 7) is 3.17. The Labute approximate surface area is 164 Å². The molecule has 1 fully saturated rings. The number of piperidine rings is 1. The second-order valence-electron chi connectivity index (χ2n) is 6.93. The lowest BCUT2D eigenvalue weighted by Gasteiger charge is -2.32. The minimum Gasteiger partial charge on any atom is -0.347 e. The number of aryl methyl sites for hydroxylation is 1. The summed E-state index contributed by atoms with van der Waals surface area (Å²) in [7, 11) is 0. The number of pyridine rings is 1. The molecule has 0 saturated carbocycles. The van der Waals surface area contributed by atoms with Gasteiger partial charge in [-0.1, -0.05) is 41.7 Å². The minimum absolute atomic E-state index is 0.611. The van der Waals surface area contributed by atoms with Gasteiger partial charge < -0.3 is 10.2 Å². The lowest BCUT2D eigenvalue weighted by molar-refractivity contribution is 0.412. The molecule has 1 aliphatic rings. The molecule has 1 N–H and O–H groups in total. The number of hydrogen-bond acceptors (Lipinski definition) is 6. The third-order valence-corrected chi connectivity index (χ3v) is 6.06. The predicted molar refractivity (Wildman–Crippen MR) is 111 cm³/mol. The van der Waals surface area contributed by atoms with Gasteiger partial charge >= 0.3 is 0 Å². The molecular formula is C21H25N5S. The van der Waals surface area contributed by atoms with Crippen molar-refractivity contribution in [3.63, 3.8) is 0 Å². The van der Waals surface area contributed by atoms with Crippen molar-refractivity contribution >= 4 is 16.5 Å². The third kappa shape index (κ3) is 4.90. The highest BCUT2D eigenvalue weighted by atomic mass is 32.1. The maximum absolute atomic E-state index is 4.42. The summed E-state index contributed by atoms with van der Waals surface area (Å²) in [6, 6.07) is 15.1. The van der Waals surface area contributed by atoms with Crippen LogP contribution in [0.4, 0.5) is 5.13 Å². The van der Waals surface area contributed by atoms with E-state index in [1.807, 2.05) is 30.6 Å². The Kier molecular flexibility index (Phi) is 6.06. The Balaban J connectivity index is 1.21. The van der Waals surface area contributed by atoms with E-state index in [2.05, 4.69) is 49.7 Å². The highest BCUT2D eigenvalue weighted by Gasteiger charge is 2.21. The Bertz CT molecular complexity index is 813. The van der Waals surface area contributed by atoms with Crippen LogP contribution < -0.4 is 10.2 Å². The van der Waals surface area contributed by atoms with Gasteiger partial charge in [-0.3, -0.25) is 4.98 Å². The molecule has 0 radical (unpaired) electrons. The van der Waals surface area contributed by atoms with E-state index in [0.717, 1.165) is 54.6 Å². The van der Waals surface area contributed by atoms with Crippen molar-refractivity contribution in [1.82, 2.24) is 20.5 Å². The van der Waals surface area contributed by atoms with Crippen LogP contribution in [0, 0.1) is 0 Å². The van der Waals surface area contributed by atoms with Gasteiger partial charge in [-0.15, -0.1) is 10.2 Å². The van der Waals surface area contributed by atoms with Crippen LogP contribution in [-0.4, -0.2) is 40.9 Å². The highest BCUT2D eigenvalue weighted by molar-refractivity contribution is 7.18. The first-order valence-electron chi connectivity index (χ1n) is 9.64. The smallest absolute Gasteiger partial charge is 0.208 e. The lowest BCUT2D eigenvalue weighted by Crippen LogP contribution is -2.42. The molecule has 1 aromatic carbocycles. The zero-order valence-electron chi connectivity index (χ0n) is 15.4. The number of rotatable bonds is 7. The summed E-state index contributed by atoms with van der Waals surface area (Å²) < 4.78 is 0. The summed E-state index contributed by atoms with van der Waals surface area (Å²) in [5.74, 6) is 0. The topological polar surface area (TPSA) is 53.9 Å². The quantitative estimate of drug-likeness (QED) is 0.633. The van der Waals surface area contributed by atoms with Crippen molar-refractivity contribution in [2.24, 2.45) is 0 Å². The largest absolute Gasteiger partial charge is 0.347 e. The molecule has 3 heterocycles. The summed E-state index contributed by atoms with van der Waals surface area (Å²) in [4.78, 5) is 6.44. The molecule has 3 aromatic rings. The average molecular weight is 380 g/mol. The van der Waals surface area contributed by atoms with Gasteiger partial charge in [0.15, 0.2) is 0 Å². The predicted octanol–water partition coefficient (Wildman–Crippen LogP) is 3.79. The van der Waals surface area contributed by atoms with E-state index < -0.39 is 0 Å². The maximum atomic E-state index is 4.42. The first kappa shape index (κ1) is 18.1. The number of aromatic nitrogens is 3. The van der Waals surface area contributed by atoms with Gasteiger partial charge in [0.05, 0.1) is 0 Å². The molecule has 0 atom stereocenters. The fourth-order valence-corrected chi connectivity index (χ4v) is 4.37. The van der Waals surface area contributed by atoms with Crippen LogP contribution in [0.25, 0.3) is 10.6 Å². The highest BCUT2D eigenvalue weighted by Crippen LogP contribution is 2.30. The van der Waals surface area contributed by atoms with Crippen LogP contribution in [0.3, 0.4) is 0 Å². The number of nitrogens with one attached hydrogen (secondary N) is 1. The Morgan fingerprint density at radius 3 is 2.56 bits per heavy atom. The van der Waals surface area contributed by atoms with Crippen LogP contribution in [0.15, 0.2) is 54.9 Å². The molecule has 0 aliphatic carbocycles. The average Bonchev–Trinajstić information content (AvgIpc) is 3.23. The molecule has 0 amide bonds.